The molecule has 1 heterocycles. The van der Waals surface area contributed by atoms with E-state index in [4.69, 9.17) is 11.6 Å². The van der Waals surface area contributed by atoms with E-state index in [0.29, 0.717) is 6.54 Å². The molecule has 1 fully saturated rings. The number of nitrogens with one attached hydrogen (secondary N) is 1. The highest BCUT2D eigenvalue weighted by Crippen LogP contribution is 2.44. The minimum Gasteiger partial charge on any atom is -0.243 e. The molecule has 0 amide bonds. The summed E-state index contributed by atoms with van der Waals surface area (Å²) in [6.07, 6.45) is 3.42. The third-order valence-corrected chi connectivity index (χ3v) is 4.41. The smallest absolute Gasteiger partial charge is 0.242 e. The zero-order chi connectivity index (χ0) is 11.8. The monoisotopic (exact) mass is 260 g/mol. The van der Waals surface area contributed by atoms with Crippen LogP contribution in [0.4, 0.5) is 0 Å². The molecule has 88 valence electrons. The Morgan fingerprint density at radius 2 is 2.19 bits per heavy atom. The van der Waals surface area contributed by atoms with Crippen LogP contribution >= 0.6 is 11.6 Å². The minimum atomic E-state index is -3.44. The van der Waals surface area contributed by atoms with Crippen molar-refractivity contribution in [3.05, 3.63) is 23.5 Å². The lowest BCUT2D eigenvalue weighted by Crippen LogP contribution is -2.29. The molecule has 6 heteroatoms. The van der Waals surface area contributed by atoms with Crippen molar-refractivity contribution in [3.8, 4) is 0 Å². The highest BCUT2D eigenvalue weighted by molar-refractivity contribution is 7.89. The predicted molar refractivity (Wildman–Crippen MR) is 61.8 cm³/mol. The van der Waals surface area contributed by atoms with Gasteiger partial charge in [-0.25, -0.2) is 18.1 Å². The Hall–Kier alpha value is -0.650. The first-order chi connectivity index (χ1) is 7.41. The van der Waals surface area contributed by atoms with Crippen molar-refractivity contribution in [2.75, 3.05) is 6.54 Å². The summed E-state index contributed by atoms with van der Waals surface area (Å²) in [6, 6.07) is 2.92. The number of halogens is 1. The molecule has 4 nitrogen and oxygen atoms in total. The van der Waals surface area contributed by atoms with Gasteiger partial charge < -0.3 is 0 Å². The Morgan fingerprint density at radius 3 is 2.69 bits per heavy atom. The second-order valence-corrected chi connectivity index (χ2v) is 6.61. The quantitative estimate of drug-likeness (QED) is 0.840. The summed E-state index contributed by atoms with van der Waals surface area (Å²) in [5, 5.41) is 0.285. The maximum absolute atomic E-state index is 11.8. The van der Waals surface area contributed by atoms with Crippen molar-refractivity contribution in [3.63, 3.8) is 0 Å². The molecule has 2 rings (SSSR count). The molecule has 1 aromatic rings. The minimum absolute atomic E-state index is 0.146. The highest BCUT2D eigenvalue weighted by atomic mass is 35.5. The van der Waals surface area contributed by atoms with Crippen LogP contribution in [0.1, 0.15) is 19.8 Å². The maximum atomic E-state index is 11.8. The summed E-state index contributed by atoms with van der Waals surface area (Å²) in [5.41, 5.74) is 0.146. The molecule has 0 saturated heterocycles. The van der Waals surface area contributed by atoms with E-state index in [1.54, 1.807) is 0 Å². The van der Waals surface area contributed by atoms with Crippen molar-refractivity contribution < 1.29 is 8.42 Å². The number of hydrogen-bond acceptors (Lipinski definition) is 3. The van der Waals surface area contributed by atoms with E-state index in [-0.39, 0.29) is 15.5 Å². The lowest BCUT2D eigenvalue weighted by molar-refractivity contribution is 0.530. The molecule has 16 heavy (non-hydrogen) atoms. The highest BCUT2D eigenvalue weighted by Gasteiger charge is 2.38. The van der Waals surface area contributed by atoms with Gasteiger partial charge in [0.1, 0.15) is 10.0 Å². The standard InChI is InChI=1S/C10H13ClN2O2S/c1-10(4-5-10)7-13-16(14,15)8-2-3-9(11)12-6-8/h2-3,6,13H,4-5,7H2,1H3. The van der Waals surface area contributed by atoms with Gasteiger partial charge >= 0.3 is 0 Å². The van der Waals surface area contributed by atoms with Gasteiger partial charge in [-0.1, -0.05) is 18.5 Å². The topological polar surface area (TPSA) is 59.1 Å². The van der Waals surface area contributed by atoms with Gasteiger partial charge in [-0.3, -0.25) is 0 Å². The molecule has 1 saturated carbocycles. The van der Waals surface area contributed by atoms with Crippen LogP contribution < -0.4 is 4.72 Å². The van der Waals surface area contributed by atoms with Crippen LogP contribution in [0, 0.1) is 5.41 Å². The van der Waals surface area contributed by atoms with Gasteiger partial charge in [0.2, 0.25) is 10.0 Å². The van der Waals surface area contributed by atoms with Gasteiger partial charge in [-0.05, 0) is 30.4 Å². The van der Waals surface area contributed by atoms with Gasteiger partial charge in [-0.2, -0.15) is 0 Å². The lowest BCUT2D eigenvalue weighted by atomic mass is 10.2. The molecule has 0 unspecified atom stereocenters. The Bertz CT molecular complexity index is 480. The second kappa shape index (κ2) is 3.98. The average Bonchev–Trinajstić information content (AvgIpc) is 2.96. The first-order valence-corrected chi connectivity index (χ1v) is 6.89. The summed E-state index contributed by atoms with van der Waals surface area (Å²) < 4.78 is 26.2. The van der Waals surface area contributed by atoms with Gasteiger partial charge in [0, 0.05) is 12.7 Å². The third-order valence-electron chi connectivity index (χ3n) is 2.80. The van der Waals surface area contributed by atoms with E-state index < -0.39 is 10.0 Å². The lowest BCUT2D eigenvalue weighted by Gasteiger charge is -2.10. The van der Waals surface area contributed by atoms with Crippen LogP contribution in [-0.4, -0.2) is 19.9 Å². The molecule has 1 aliphatic carbocycles. The average molecular weight is 261 g/mol. The molecule has 1 aliphatic rings. The van der Waals surface area contributed by atoms with Gasteiger partial charge in [-0.15, -0.1) is 0 Å². The number of pyridine rings is 1. The SMILES string of the molecule is CC1(CNS(=O)(=O)c2ccc(Cl)nc2)CC1. The molecule has 0 radical (unpaired) electrons. The molecule has 0 bridgehead atoms. The van der Waals surface area contributed by atoms with Crippen LogP contribution in [0.5, 0.6) is 0 Å². The summed E-state index contributed by atoms with van der Waals surface area (Å²) in [5.74, 6) is 0. The Kier molecular flexibility index (Phi) is 2.94. The van der Waals surface area contributed by atoms with Crippen LogP contribution in [-0.2, 0) is 10.0 Å². The Labute approximate surface area is 100 Å². The maximum Gasteiger partial charge on any atom is 0.242 e. The van der Waals surface area contributed by atoms with Gasteiger partial charge in [0.25, 0.3) is 0 Å². The molecule has 0 aliphatic heterocycles. The molecule has 0 spiro atoms. The molecule has 0 atom stereocenters. The number of rotatable bonds is 4. The van der Waals surface area contributed by atoms with Gasteiger partial charge in [0.05, 0.1) is 0 Å². The molecule has 0 aromatic carbocycles. The van der Waals surface area contributed by atoms with Crippen molar-refractivity contribution in [2.24, 2.45) is 5.41 Å². The molecular weight excluding hydrogens is 248 g/mol. The molecule has 1 aromatic heterocycles. The van der Waals surface area contributed by atoms with E-state index in [0.717, 1.165) is 12.8 Å². The summed E-state index contributed by atoms with van der Waals surface area (Å²) in [6.45, 7) is 2.55. The number of nitrogens with zero attached hydrogens (tertiary/aromatic N) is 1. The van der Waals surface area contributed by atoms with Crippen molar-refractivity contribution in [1.82, 2.24) is 9.71 Å². The third kappa shape index (κ3) is 2.72. The van der Waals surface area contributed by atoms with E-state index >= 15 is 0 Å². The summed E-state index contributed by atoms with van der Waals surface area (Å²) >= 11 is 5.60. The largest absolute Gasteiger partial charge is 0.243 e. The Balaban J connectivity index is 2.09. The van der Waals surface area contributed by atoms with Crippen molar-refractivity contribution >= 4 is 21.6 Å². The van der Waals surface area contributed by atoms with Gasteiger partial charge in [0.15, 0.2) is 0 Å². The fraction of sp³-hybridized carbons (Fsp3) is 0.500. The van der Waals surface area contributed by atoms with E-state index in [9.17, 15) is 8.42 Å². The van der Waals surface area contributed by atoms with Crippen molar-refractivity contribution in [1.29, 1.82) is 0 Å². The molecular formula is C10H13ClN2O2S. The van der Waals surface area contributed by atoms with Crippen LogP contribution in [0.25, 0.3) is 0 Å². The van der Waals surface area contributed by atoms with E-state index in [1.165, 1.54) is 18.3 Å². The normalized spacial score (nSPS) is 18.4. The first-order valence-electron chi connectivity index (χ1n) is 5.03. The number of hydrogen-bond donors (Lipinski definition) is 1. The van der Waals surface area contributed by atoms with E-state index in [2.05, 4.69) is 16.6 Å². The van der Waals surface area contributed by atoms with Crippen molar-refractivity contribution in [2.45, 2.75) is 24.7 Å². The summed E-state index contributed by atoms with van der Waals surface area (Å²) in [7, 11) is -3.44. The fourth-order valence-electron chi connectivity index (χ4n) is 1.26. The van der Waals surface area contributed by atoms with E-state index in [1.807, 2.05) is 0 Å². The number of aromatic nitrogens is 1. The zero-order valence-corrected chi connectivity index (χ0v) is 10.5. The first kappa shape index (κ1) is 11.8. The second-order valence-electron chi connectivity index (χ2n) is 4.45. The zero-order valence-electron chi connectivity index (χ0n) is 8.90. The Morgan fingerprint density at radius 1 is 1.50 bits per heavy atom. The number of sulfonamides is 1. The fourth-order valence-corrected chi connectivity index (χ4v) is 2.52. The van der Waals surface area contributed by atoms with Crippen LogP contribution in [0.3, 0.4) is 0 Å². The van der Waals surface area contributed by atoms with Crippen LogP contribution in [0.2, 0.25) is 5.15 Å². The molecule has 1 N–H and O–H groups in total. The van der Waals surface area contributed by atoms with Crippen LogP contribution in [0.15, 0.2) is 23.2 Å². The predicted octanol–water partition coefficient (Wildman–Crippen LogP) is 1.81. The summed E-state index contributed by atoms with van der Waals surface area (Å²) in [4.78, 5) is 3.91.